The second kappa shape index (κ2) is 5.10. The summed E-state index contributed by atoms with van der Waals surface area (Å²) in [6, 6.07) is 8.26. The van der Waals surface area contributed by atoms with E-state index in [1.165, 1.54) is 11.1 Å². The number of nitrogens with one attached hydrogen (secondary N) is 1. The van der Waals surface area contributed by atoms with Gasteiger partial charge in [-0.2, -0.15) is 0 Å². The quantitative estimate of drug-likeness (QED) is 0.869. The molecule has 3 rings (SSSR count). The molecule has 0 atom stereocenters. The Balaban J connectivity index is 1.76. The molecule has 19 heavy (non-hydrogen) atoms. The van der Waals surface area contributed by atoms with Gasteiger partial charge in [0.15, 0.2) is 5.15 Å². The molecule has 0 bridgehead atoms. The summed E-state index contributed by atoms with van der Waals surface area (Å²) in [7, 11) is 0. The second-order valence-electron chi connectivity index (χ2n) is 4.69. The Kier molecular flexibility index (Phi) is 3.30. The Morgan fingerprint density at radius 3 is 3.11 bits per heavy atom. The van der Waals surface area contributed by atoms with Crippen LogP contribution in [0.15, 0.2) is 30.5 Å². The predicted octanol–water partition coefficient (Wildman–Crippen LogP) is 3.59. The lowest BCUT2D eigenvalue weighted by Crippen LogP contribution is -2.02. The van der Waals surface area contributed by atoms with Crippen LogP contribution in [0.3, 0.4) is 0 Å². The van der Waals surface area contributed by atoms with E-state index in [4.69, 9.17) is 16.3 Å². The second-order valence-corrected chi connectivity index (χ2v) is 5.05. The van der Waals surface area contributed by atoms with Crippen LogP contribution in [0, 0.1) is 6.92 Å². The van der Waals surface area contributed by atoms with E-state index >= 15 is 0 Å². The van der Waals surface area contributed by atoms with Crippen molar-refractivity contribution in [2.45, 2.75) is 19.9 Å². The molecule has 0 aliphatic carbocycles. The Bertz CT molecular complexity index is 593. The molecule has 2 aromatic rings. The molecule has 0 radical (unpaired) electrons. The molecule has 1 aliphatic rings. The van der Waals surface area contributed by atoms with Crippen molar-refractivity contribution in [2.24, 2.45) is 0 Å². The summed E-state index contributed by atoms with van der Waals surface area (Å²) < 4.78 is 5.50. The summed E-state index contributed by atoms with van der Waals surface area (Å²) in [5.74, 6) is 1.01. The lowest BCUT2D eigenvalue weighted by atomic mass is 10.1. The lowest BCUT2D eigenvalue weighted by molar-refractivity contribution is 0.357. The summed E-state index contributed by atoms with van der Waals surface area (Å²) in [6.45, 7) is 3.55. The van der Waals surface area contributed by atoms with Crippen LogP contribution >= 0.6 is 11.6 Å². The van der Waals surface area contributed by atoms with Crippen LogP contribution in [0.25, 0.3) is 0 Å². The molecule has 0 amide bonds. The van der Waals surface area contributed by atoms with Crippen molar-refractivity contribution in [2.75, 3.05) is 11.9 Å². The van der Waals surface area contributed by atoms with Gasteiger partial charge >= 0.3 is 0 Å². The number of rotatable bonds is 3. The number of anilines is 1. The molecule has 1 aromatic carbocycles. The normalized spacial score (nSPS) is 12.9. The van der Waals surface area contributed by atoms with Gasteiger partial charge in [-0.15, -0.1) is 0 Å². The summed E-state index contributed by atoms with van der Waals surface area (Å²) >= 11 is 6.10. The average Bonchev–Trinajstić information content (AvgIpc) is 2.85. The first kappa shape index (κ1) is 12.3. The van der Waals surface area contributed by atoms with Crippen LogP contribution in [-0.4, -0.2) is 11.6 Å². The molecule has 2 heterocycles. The van der Waals surface area contributed by atoms with Gasteiger partial charge in [0.05, 0.1) is 12.3 Å². The zero-order chi connectivity index (χ0) is 13.2. The van der Waals surface area contributed by atoms with Crippen molar-refractivity contribution in [3.63, 3.8) is 0 Å². The molecular formula is C15H15ClN2O. The van der Waals surface area contributed by atoms with E-state index in [-0.39, 0.29) is 0 Å². The number of aryl methyl sites for hydroxylation is 1. The van der Waals surface area contributed by atoms with Crippen LogP contribution in [0.1, 0.15) is 16.7 Å². The van der Waals surface area contributed by atoms with Gasteiger partial charge < -0.3 is 10.1 Å². The smallest absolute Gasteiger partial charge is 0.152 e. The molecule has 0 unspecified atom stereocenters. The van der Waals surface area contributed by atoms with Crippen LogP contribution in [0.4, 0.5) is 5.69 Å². The first-order chi connectivity index (χ1) is 9.24. The van der Waals surface area contributed by atoms with Gasteiger partial charge in [0.25, 0.3) is 0 Å². The molecule has 1 N–H and O–H groups in total. The van der Waals surface area contributed by atoms with Gasteiger partial charge in [0.2, 0.25) is 0 Å². The van der Waals surface area contributed by atoms with E-state index in [9.17, 15) is 0 Å². The fourth-order valence-electron chi connectivity index (χ4n) is 2.28. The summed E-state index contributed by atoms with van der Waals surface area (Å²) in [4.78, 5) is 4.09. The first-order valence-corrected chi connectivity index (χ1v) is 6.71. The minimum absolute atomic E-state index is 0.518. The zero-order valence-electron chi connectivity index (χ0n) is 10.7. The minimum atomic E-state index is 0.518. The Morgan fingerprint density at radius 1 is 1.37 bits per heavy atom. The van der Waals surface area contributed by atoms with Crippen LogP contribution in [-0.2, 0) is 13.0 Å². The van der Waals surface area contributed by atoms with E-state index in [1.807, 2.05) is 19.1 Å². The Hall–Kier alpha value is -1.74. The molecule has 0 fully saturated rings. The van der Waals surface area contributed by atoms with Crippen molar-refractivity contribution in [1.82, 2.24) is 4.98 Å². The van der Waals surface area contributed by atoms with Gasteiger partial charge in [0, 0.05) is 19.2 Å². The van der Waals surface area contributed by atoms with Crippen molar-refractivity contribution in [3.8, 4) is 5.75 Å². The Labute approximate surface area is 117 Å². The molecular weight excluding hydrogens is 260 g/mol. The zero-order valence-corrected chi connectivity index (χ0v) is 11.5. The number of benzene rings is 1. The van der Waals surface area contributed by atoms with Crippen LogP contribution in [0.2, 0.25) is 5.15 Å². The predicted molar refractivity (Wildman–Crippen MR) is 77.0 cm³/mol. The number of nitrogens with zero attached hydrogens (tertiary/aromatic N) is 1. The summed E-state index contributed by atoms with van der Waals surface area (Å²) in [6.07, 6.45) is 2.71. The number of halogens is 1. The van der Waals surface area contributed by atoms with E-state index in [0.717, 1.165) is 36.6 Å². The average molecular weight is 275 g/mol. The molecule has 0 saturated heterocycles. The summed E-state index contributed by atoms with van der Waals surface area (Å²) in [5, 5.41) is 3.87. The number of fused-ring (bicyclic) bond motifs is 1. The highest BCUT2D eigenvalue weighted by Crippen LogP contribution is 2.27. The van der Waals surface area contributed by atoms with Crippen molar-refractivity contribution in [1.29, 1.82) is 0 Å². The molecule has 98 valence electrons. The topological polar surface area (TPSA) is 34.2 Å². The fourth-order valence-corrected chi connectivity index (χ4v) is 2.55. The number of pyridine rings is 1. The van der Waals surface area contributed by atoms with Gasteiger partial charge in [-0.05, 0) is 35.7 Å². The van der Waals surface area contributed by atoms with E-state index < -0.39 is 0 Å². The van der Waals surface area contributed by atoms with Gasteiger partial charge in [-0.25, -0.2) is 4.98 Å². The maximum absolute atomic E-state index is 6.10. The van der Waals surface area contributed by atoms with Crippen molar-refractivity contribution in [3.05, 3.63) is 52.3 Å². The van der Waals surface area contributed by atoms with Crippen LogP contribution < -0.4 is 10.1 Å². The lowest BCUT2D eigenvalue weighted by Gasteiger charge is -2.11. The van der Waals surface area contributed by atoms with E-state index in [2.05, 4.69) is 22.4 Å². The third kappa shape index (κ3) is 2.51. The van der Waals surface area contributed by atoms with E-state index in [1.54, 1.807) is 6.20 Å². The Morgan fingerprint density at radius 2 is 2.26 bits per heavy atom. The largest absolute Gasteiger partial charge is 0.493 e. The van der Waals surface area contributed by atoms with Crippen LogP contribution in [0.5, 0.6) is 5.75 Å². The monoisotopic (exact) mass is 274 g/mol. The molecule has 1 aliphatic heterocycles. The number of hydrogen-bond acceptors (Lipinski definition) is 3. The first-order valence-electron chi connectivity index (χ1n) is 6.33. The van der Waals surface area contributed by atoms with Gasteiger partial charge in [0.1, 0.15) is 5.75 Å². The SMILES string of the molecule is Cc1ccnc(Cl)c1NCc1ccc2c(c1)CCO2. The number of hydrogen-bond donors (Lipinski definition) is 1. The highest BCUT2D eigenvalue weighted by atomic mass is 35.5. The third-order valence-corrected chi connectivity index (χ3v) is 3.62. The molecule has 0 saturated carbocycles. The van der Waals surface area contributed by atoms with Crippen molar-refractivity contribution >= 4 is 17.3 Å². The maximum atomic E-state index is 6.10. The summed E-state index contributed by atoms with van der Waals surface area (Å²) in [5.41, 5.74) is 4.52. The number of ether oxygens (including phenoxy) is 1. The molecule has 1 aromatic heterocycles. The standard InChI is InChI=1S/C15H15ClN2O/c1-10-4-6-17-15(16)14(10)18-9-11-2-3-13-12(8-11)5-7-19-13/h2-4,6,8,18H,5,7,9H2,1H3. The highest BCUT2D eigenvalue weighted by molar-refractivity contribution is 6.32. The highest BCUT2D eigenvalue weighted by Gasteiger charge is 2.12. The van der Waals surface area contributed by atoms with Crippen molar-refractivity contribution < 1.29 is 4.74 Å². The van der Waals surface area contributed by atoms with E-state index in [0.29, 0.717) is 5.15 Å². The maximum Gasteiger partial charge on any atom is 0.152 e. The molecule has 3 nitrogen and oxygen atoms in total. The third-order valence-electron chi connectivity index (χ3n) is 3.34. The molecule has 4 heteroatoms. The minimum Gasteiger partial charge on any atom is -0.493 e. The van der Waals surface area contributed by atoms with Gasteiger partial charge in [-0.1, -0.05) is 23.7 Å². The van der Waals surface area contributed by atoms with Gasteiger partial charge in [-0.3, -0.25) is 0 Å². The molecule has 0 spiro atoms. The fraction of sp³-hybridized carbons (Fsp3) is 0.267. The number of aromatic nitrogens is 1.